The van der Waals surface area contributed by atoms with Gasteiger partial charge in [-0.3, -0.25) is 9.59 Å². The van der Waals surface area contributed by atoms with Crippen molar-refractivity contribution in [3.05, 3.63) is 29.8 Å². The Kier molecular flexibility index (Phi) is 5.00. The summed E-state index contributed by atoms with van der Waals surface area (Å²) in [6.45, 7) is 3.31. The largest absolute Gasteiger partial charge is 0.425 e. The summed E-state index contributed by atoms with van der Waals surface area (Å²) >= 11 is 1.26. The number of hydrogen-bond donors (Lipinski definition) is 0. The second-order valence-corrected chi connectivity index (χ2v) is 9.87. The fourth-order valence-corrected chi connectivity index (χ4v) is 7.18. The minimum absolute atomic E-state index is 0.0351. The van der Waals surface area contributed by atoms with Crippen molar-refractivity contribution in [3.8, 4) is 5.75 Å². The van der Waals surface area contributed by atoms with Crippen molar-refractivity contribution in [1.82, 2.24) is 0 Å². The van der Waals surface area contributed by atoms with E-state index in [2.05, 4.69) is 0 Å². The number of rotatable bonds is 2. The van der Waals surface area contributed by atoms with E-state index in [1.807, 2.05) is 31.2 Å². The van der Waals surface area contributed by atoms with Crippen LogP contribution in [0.15, 0.2) is 24.3 Å². The minimum Gasteiger partial charge on any atom is -0.425 e. The molecule has 0 bridgehead atoms. The van der Waals surface area contributed by atoms with Crippen LogP contribution in [0.3, 0.4) is 0 Å². The van der Waals surface area contributed by atoms with Crippen LogP contribution in [0.1, 0.15) is 56.9 Å². The van der Waals surface area contributed by atoms with Gasteiger partial charge in [0.25, 0.3) is 0 Å². The van der Waals surface area contributed by atoms with Crippen LogP contribution >= 0.6 is 11.8 Å². The number of para-hydroxylation sites is 1. The molecule has 1 saturated heterocycles. The summed E-state index contributed by atoms with van der Waals surface area (Å²) < 4.78 is 18.6. The molecular formula is C23H28O5S. The first-order valence-corrected chi connectivity index (χ1v) is 11.9. The van der Waals surface area contributed by atoms with Gasteiger partial charge in [-0.05, 0) is 42.6 Å². The number of thioether (sulfide) groups is 1. The third kappa shape index (κ3) is 2.75. The lowest BCUT2D eigenvalue weighted by Gasteiger charge is -2.60. The van der Waals surface area contributed by atoms with Gasteiger partial charge in [0.1, 0.15) is 11.2 Å². The van der Waals surface area contributed by atoms with E-state index in [1.54, 1.807) is 0 Å². The standard InChI is InChI=1S/C23H28O5S/c1-2-29-21(25)23-17-10-5-4-9-16(17)22(26-12-7-13-27-22)14-18(23)15-8-3-6-11-19(15)28-20(23)24/h3,6,8,11,16-18H,2,4-5,7,9-10,12-14H2,1H3. The lowest BCUT2D eigenvalue weighted by molar-refractivity contribution is -0.331. The second kappa shape index (κ2) is 7.40. The Balaban J connectivity index is 1.71. The van der Waals surface area contributed by atoms with Crippen LogP contribution in [0.5, 0.6) is 5.75 Å². The van der Waals surface area contributed by atoms with E-state index in [4.69, 9.17) is 14.2 Å². The fourth-order valence-electron chi connectivity index (χ4n) is 6.30. The molecule has 0 amide bonds. The normalized spacial score (nSPS) is 35.2. The number of carbonyl (C=O) groups excluding carboxylic acids is 2. The van der Waals surface area contributed by atoms with Crippen molar-refractivity contribution in [3.63, 3.8) is 0 Å². The quantitative estimate of drug-likeness (QED) is 0.407. The molecule has 4 unspecified atom stereocenters. The van der Waals surface area contributed by atoms with Gasteiger partial charge < -0.3 is 14.2 Å². The van der Waals surface area contributed by atoms with E-state index in [0.717, 1.165) is 37.7 Å². The van der Waals surface area contributed by atoms with E-state index in [1.165, 1.54) is 11.8 Å². The molecule has 5 rings (SSSR count). The van der Waals surface area contributed by atoms with Crippen molar-refractivity contribution in [2.75, 3.05) is 19.0 Å². The van der Waals surface area contributed by atoms with Crippen molar-refractivity contribution in [2.45, 2.75) is 57.2 Å². The van der Waals surface area contributed by atoms with Crippen LogP contribution in [0.2, 0.25) is 0 Å². The molecule has 2 saturated carbocycles. The molecule has 3 fully saturated rings. The molecule has 156 valence electrons. The molecule has 29 heavy (non-hydrogen) atoms. The van der Waals surface area contributed by atoms with Crippen molar-refractivity contribution in [1.29, 1.82) is 0 Å². The maximum absolute atomic E-state index is 13.7. The van der Waals surface area contributed by atoms with Gasteiger partial charge >= 0.3 is 5.97 Å². The predicted octanol–water partition coefficient (Wildman–Crippen LogP) is 4.30. The lowest BCUT2D eigenvalue weighted by atomic mass is 9.49. The van der Waals surface area contributed by atoms with Crippen LogP contribution < -0.4 is 4.74 Å². The molecule has 4 aliphatic rings. The molecular weight excluding hydrogens is 388 g/mol. The third-order valence-corrected chi connectivity index (χ3v) is 8.27. The van der Waals surface area contributed by atoms with Crippen molar-refractivity contribution in [2.24, 2.45) is 17.3 Å². The van der Waals surface area contributed by atoms with E-state index in [-0.39, 0.29) is 28.8 Å². The molecule has 1 spiro atoms. The first kappa shape index (κ1) is 19.6. The van der Waals surface area contributed by atoms with Gasteiger partial charge in [-0.15, -0.1) is 0 Å². The molecule has 4 atom stereocenters. The summed E-state index contributed by atoms with van der Waals surface area (Å²) in [5.41, 5.74) is -0.200. The zero-order valence-electron chi connectivity index (χ0n) is 16.9. The smallest absolute Gasteiger partial charge is 0.326 e. The number of benzene rings is 1. The first-order chi connectivity index (χ1) is 14.1. The number of esters is 1. The highest BCUT2D eigenvalue weighted by atomic mass is 32.2. The number of ether oxygens (including phenoxy) is 3. The Morgan fingerprint density at radius 2 is 1.83 bits per heavy atom. The maximum Gasteiger partial charge on any atom is 0.326 e. The zero-order valence-corrected chi connectivity index (χ0v) is 17.7. The summed E-state index contributed by atoms with van der Waals surface area (Å²) in [5.74, 6) is -0.171. The minimum atomic E-state index is -1.14. The Morgan fingerprint density at radius 1 is 1.10 bits per heavy atom. The summed E-state index contributed by atoms with van der Waals surface area (Å²) in [6.07, 6.45) is 5.29. The molecule has 1 aromatic rings. The molecule has 5 nitrogen and oxygen atoms in total. The van der Waals surface area contributed by atoms with E-state index in [9.17, 15) is 9.59 Å². The topological polar surface area (TPSA) is 61.8 Å². The van der Waals surface area contributed by atoms with Gasteiger partial charge in [-0.2, -0.15) is 0 Å². The maximum atomic E-state index is 13.7. The molecule has 2 heterocycles. The summed E-state index contributed by atoms with van der Waals surface area (Å²) in [7, 11) is 0. The Bertz CT molecular complexity index is 817. The summed E-state index contributed by atoms with van der Waals surface area (Å²) in [6, 6.07) is 7.67. The van der Waals surface area contributed by atoms with E-state index in [0.29, 0.717) is 31.1 Å². The first-order valence-electron chi connectivity index (χ1n) is 10.9. The van der Waals surface area contributed by atoms with E-state index >= 15 is 0 Å². The fraction of sp³-hybridized carbons (Fsp3) is 0.652. The van der Waals surface area contributed by atoms with Crippen LogP contribution in [-0.2, 0) is 19.1 Å². The number of fused-ring (bicyclic) bond motifs is 6. The molecule has 2 aliphatic heterocycles. The summed E-state index contributed by atoms with van der Waals surface area (Å²) in [4.78, 5) is 27.3. The van der Waals surface area contributed by atoms with Gasteiger partial charge in [0.05, 0.1) is 13.2 Å². The lowest BCUT2D eigenvalue weighted by Crippen LogP contribution is -2.66. The average molecular weight is 417 g/mol. The average Bonchev–Trinajstić information content (AvgIpc) is 2.75. The van der Waals surface area contributed by atoms with E-state index < -0.39 is 11.2 Å². The van der Waals surface area contributed by atoms with Gasteiger partial charge in [0, 0.05) is 18.3 Å². The Labute approximate surface area is 175 Å². The number of hydrogen-bond acceptors (Lipinski definition) is 6. The van der Waals surface area contributed by atoms with Gasteiger partial charge in [0.2, 0.25) is 5.12 Å². The van der Waals surface area contributed by atoms with Gasteiger partial charge in [0.15, 0.2) is 5.79 Å². The van der Waals surface area contributed by atoms with Crippen LogP contribution in [-0.4, -0.2) is 35.8 Å². The number of carbonyl (C=O) groups is 2. The van der Waals surface area contributed by atoms with Crippen molar-refractivity contribution < 1.29 is 23.8 Å². The van der Waals surface area contributed by atoms with Crippen LogP contribution in [0.25, 0.3) is 0 Å². The highest BCUT2D eigenvalue weighted by Crippen LogP contribution is 2.65. The molecule has 0 radical (unpaired) electrons. The van der Waals surface area contributed by atoms with Crippen LogP contribution in [0, 0.1) is 17.3 Å². The second-order valence-electron chi connectivity index (χ2n) is 8.63. The van der Waals surface area contributed by atoms with Crippen LogP contribution in [0.4, 0.5) is 0 Å². The zero-order chi connectivity index (χ0) is 20.1. The Hall–Kier alpha value is -1.37. The molecule has 6 heteroatoms. The Morgan fingerprint density at radius 3 is 2.59 bits per heavy atom. The molecule has 0 N–H and O–H groups in total. The molecule has 0 aromatic heterocycles. The third-order valence-electron chi connectivity index (χ3n) is 7.38. The van der Waals surface area contributed by atoms with Crippen molar-refractivity contribution >= 4 is 22.8 Å². The predicted molar refractivity (Wildman–Crippen MR) is 110 cm³/mol. The van der Waals surface area contributed by atoms with Gasteiger partial charge in [-0.25, -0.2) is 0 Å². The highest BCUT2D eigenvalue weighted by molar-refractivity contribution is 8.13. The summed E-state index contributed by atoms with van der Waals surface area (Å²) in [5, 5.41) is -0.0351. The molecule has 2 aliphatic carbocycles. The van der Waals surface area contributed by atoms with Gasteiger partial charge in [-0.1, -0.05) is 49.7 Å². The monoisotopic (exact) mass is 416 g/mol. The highest BCUT2D eigenvalue weighted by Gasteiger charge is 2.70. The SMILES string of the molecule is CCSC(=O)C12C(=O)Oc3ccccc3C1CC1(OCCCO1)C1CCCCC12. The molecule has 1 aromatic carbocycles.